The summed E-state index contributed by atoms with van der Waals surface area (Å²) in [5.41, 5.74) is 1.57. The molecule has 0 aromatic heterocycles. The molecule has 0 saturated carbocycles. The minimum absolute atomic E-state index is 1.25. The molecule has 0 bridgehead atoms. The quantitative estimate of drug-likeness (QED) is 0.0347. The molecule has 0 aliphatic rings. The zero-order chi connectivity index (χ0) is 46.5. The zero-order valence-corrected chi connectivity index (χ0v) is 44.9. The van der Waals surface area contributed by atoms with Gasteiger partial charge in [0.05, 0.1) is 19.6 Å². The Balaban J connectivity index is 2.47. The molecular formula is C64H118N+. The van der Waals surface area contributed by atoms with Gasteiger partial charge in [0.15, 0.2) is 0 Å². The Morgan fingerprint density at radius 1 is 0.262 bits per heavy atom. The highest BCUT2D eigenvalue weighted by atomic mass is 15.3. The fraction of sp³-hybridized carbons (Fsp3) is 0.812. The predicted octanol–water partition coefficient (Wildman–Crippen LogP) is 22.3. The van der Waals surface area contributed by atoms with Crippen molar-refractivity contribution < 1.29 is 4.48 Å². The van der Waals surface area contributed by atoms with Crippen LogP contribution in [0.5, 0.6) is 0 Å². The molecule has 0 amide bonds. The Labute approximate surface area is 410 Å². The van der Waals surface area contributed by atoms with E-state index in [9.17, 15) is 0 Å². The van der Waals surface area contributed by atoms with Crippen LogP contribution < -0.4 is 0 Å². The Kier molecular flexibility index (Phi) is 48.9. The monoisotopic (exact) mass is 901 g/mol. The van der Waals surface area contributed by atoms with Crippen molar-refractivity contribution in [1.29, 1.82) is 0 Å². The van der Waals surface area contributed by atoms with Crippen LogP contribution in [0.2, 0.25) is 0 Å². The average molecular weight is 902 g/mol. The van der Waals surface area contributed by atoms with Gasteiger partial charge in [0.2, 0.25) is 0 Å². The van der Waals surface area contributed by atoms with Gasteiger partial charge in [-0.1, -0.05) is 261 Å². The molecule has 378 valence electrons. The smallest absolute Gasteiger partial charge is 0.104 e. The molecule has 65 heavy (non-hydrogen) atoms. The van der Waals surface area contributed by atoms with Crippen LogP contribution >= 0.6 is 0 Å². The van der Waals surface area contributed by atoms with E-state index in [0.717, 1.165) is 0 Å². The number of allylic oxidation sites excluding steroid dienone is 6. The highest BCUT2D eigenvalue weighted by molar-refractivity contribution is 5.13. The van der Waals surface area contributed by atoms with Crippen molar-refractivity contribution >= 4 is 0 Å². The van der Waals surface area contributed by atoms with Gasteiger partial charge in [0.25, 0.3) is 0 Å². The first-order valence-corrected chi connectivity index (χ1v) is 30.1. The summed E-state index contributed by atoms with van der Waals surface area (Å²) in [5, 5.41) is 0. The Morgan fingerprint density at radius 3 is 0.723 bits per heavy atom. The number of rotatable bonds is 53. The molecule has 0 atom stereocenters. The van der Waals surface area contributed by atoms with E-state index in [4.69, 9.17) is 0 Å². The molecule has 1 rings (SSSR count). The third-order valence-corrected chi connectivity index (χ3v) is 14.5. The summed E-state index contributed by atoms with van der Waals surface area (Å²) in [6.45, 7) is 12.3. The van der Waals surface area contributed by atoms with Crippen LogP contribution in [0.1, 0.15) is 315 Å². The number of quaternary nitrogens is 1. The Hall–Kier alpha value is -1.60. The number of hydrogen-bond acceptors (Lipinski definition) is 0. The average Bonchev–Trinajstić information content (AvgIpc) is 3.32. The Bertz CT molecular complexity index is 1010. The molecule has 0 fully saturated rings. The largest absolute Gasteiger partial charge is 0.320 e. The van der Waals surface area contributed by atoms with Gasteiger partial charge in [-0.15, -0.1) is 0 Å². The lowest BCUT2D eigenvalue weighted by Gasteiger charge is -2.39. The molecular weight excluding hydrogens is 783 g/mol. The molecule has 0 aliphatic carbocycles. The number of benzene rings is 1. The van der Waals surface area contributed by atoms with Gasteiger partial charge >= 0.3 is 0 Å². The van der Waals surface area contributed by atoms with E-state index in [2.05, 4.69) is 87.6 Å². The molecule has 0 aliphatic heterocycles. The maximum Gasteiger partial charge on any atom is 0.104 e. The van der Waals surface area contributed by atoms with E-state index in [0.29, 0.717) is 0 Å². The first-order valence-electron chi connectivity index (χ1n) is 30.1. The van der Waals surface area contributed by atoms with Crippen LogP contribution in [0.3, 0.4) is 0 Å². The summed E-state index contributed by atoms with van der Waals surface area (Å²) in [6.07, 6.45) is 77.8. The van der Waals surface area contributed by atoms with Crippen LogP contribution in [0.15, 0.2) is 66.8 Å². The molecule has 0 spiro atoms. The van der Waals surface area contributed by atoms with E-state index in [-0.39, 0.29) is 0 Å². The van der Waals surface area contributed by atoms with Gasteiger partial charge in [-0.05, 0) is 116 Å². The molecule has 1 heteroatoms. The van der Waals surface area contributed by atoms with E-state index < -0.39 is 0 Å². The van der Waals surface area contributed by atoms with Crippen molar-refractivity contribution in [3.05, 3.63) is 72.4 Å². The molecule has 0 N–H and O–H groups in total. The minimum atomic E-state index is 1.25. The molecule has 0 radical (unpaired) electrons. The summed E-state index contributed by atoms with van der Waals surface area (Å²) in [5.74, 6) is 0. The summed E-state index contributed by atoms with van der Waals surface area (Å²) in [7, 11) is 0. The number of nitrogens with zero attached hydrogens (tertiary/aromatic N) is 1. The SMILES string of the molecule is CCCCC/C=C/CCCCCCCCCCCC[N+](CCCCCCCCCCCC/C=C/CCCCC)(CCCCCCCCCCCC/C=C/CCCCC)Cc1ccccc1. The van der Waals surface area contributed by atoms with E-state index in [1.807, 2.05) is 0 Å². The van der Waals surface area contributed by atoms with E-state index >= 15 is 0 Å². The highest BCUT2D eigenvalue weighted by Crippen LogP contribution is 2.23. The molecule has 0 saturated heterocycles. The van der Waals surface area contributed by atoms with Crippen molar-refractivity contribution in [1.82, 2.24) is 0 Å². The highest BCUT2D eigenvalue weighted by Gasteiger charge is 2.26. The van der Waals surface area contributed by atoms with Crippen molar-refractivity contribution in [2.45, 2.75) is 316 Å². The van der Waals surface area contributed by atoms with Crippen molar-refractivity contribution in [2.75, 3.05) is 19.6 Å². The van der Waals surface area contributed by atoms with E-state index in [1.54, 1.807) is 5.56 Å². The molecule has 0 heterocycles. The summed E-state index contributed by atoms with van der Waals surface area (Å²) in [6, 6.07) is 11.6. The van der Waals surface area contributed by atoms with Crippen LogP contribution in [0, 0.1) is 0 Å². The van der Waals surface area contributed by atoms with Gasteiger partial charge in [0.1, 0.15) is 6.54 Å². The van der Waals surface area contributed by atoms with E-state index in [1.165, 1.54) is 320 Å². The third kappa shape index (κ3) is 44.7. The fourth-order valence-electron chi connectivity index (χ4n) is 10.2. The number of hydrogen-bond donors (Lipinski definition) is 0. The maximum absolute atomic E-state index is 2.45. The second kappa shape index (κ2) is 51.8. The second-order valence-electron chi connectivity index (χ2n) is 21.0. The van der Waals surface area contributed by atoms with Crippen LogP contribution in [-0.4, -0.2) is 24.1 Å². The van der Waals surface area contributed by atoms with Gasteiger partial charge in [-0.2, -0.15) is 0 Å². The zero-order valence-electron chi connectivity index (χ0n) is 44.9. The predicted molar refractivity (Wildman–Crippen MR) is 297 cm³/mol. The van der Waals surface area contributed by atoms with Gasteiger partial charge < -0.3 is 4.48 Å². The summed E-state index contributed by atoms with van der Waals surface area (Å²) >= 11 is 0. The minimum Gasteiger partial charge on any atom is -0.320 e. The third-order valence-electron chi connectivity index (χ3n) is 14.5. The summed E-state index contributed by atoms with van der Waals surface area (Å²) < 4.78 is 1.35. The van der Waals surface area contributed by atoms with Gasteiger partial charge in [0, 0.05) is 5.56 Å². The normalized spacial score (nSPS) is 12.3. The van der Waals surface area contributed by atoms with Crippen molar-refractivity contribution in [3.8, 4) is 0 Å². The maximum atomic E-state index is 2.45. The molecule has 0 unspecified atom stereocenters. The molecule has 1 nitrogen and oxygen atoms in total. The molecule has 1 aromatic rings. The standard InChI is InChI=1S/C64H118N/c1-4-7-10-13-16-19-22-25-28-31-34-37-40-43-46-49-55-60-65(63-64-58-53-52-54-59-64,61-56-50-47-44-41-38-35-32-29-26-23-20-17-14-11-8-5-2)62-57-51-48-45-42-39-36-33-30-27-24-21-18-15-12-9-6-3/h16-21,52-54,58-59H,4-15,22-51,55-57,60-63H2,1-3H3/q+1/b19-16+,20-17+,21-18+. The van der Waals surface area contributed by atoms with Gasteiger partial charge in [-0.3, -0.25) is 0 Å². The van der Waals surface area contributed by atoms with Crippen molar-refractivity contribution in [2.24, 2.45) is 0 Å². The topological polar surface area (TPSA) is 0 Å². The van der Waals surface area contributed by atoms with Crippen LogP contribution in [-0.2, 0) is 6.54 Å². The summed E-state index contributed by atoms with van der Waals surface area (Å²) in [4.78, 5) is 0. The lowest BCUT2D eigenvalue weighted by Crippen LogP contribution is -2.49. The van der Waals surface area contributed by atoms with Crippen molar-refractivity contribution in [3.63, 3.8) is 0 Å². The number of unbranched alkanes of at least 4 members (excludes halogenated alkanes) is 39. The van der Waals surface area contributed by atoms with Crippen LogP contribution in [0.25, 0.3) is 0 Å². The fourth-order valence-corrected chi connectivity index (χ4v) is 10.2. The lowest BCUT2D eigenvalue weighted by atomic mass is 10.0. The first kappa shape index (κ1) is 61.4. The Morgan fingerprint density at radius 2 is 0.477 bits per heavy atom. The lowest BCUT2D eigenvalue weighted by molar-refractivity contribution is -0.941. The molecule has 1 aromatic carbocycles. The van der Waals surface area contributed by atoms with Gasteiger partial charge in [-0.25, -0.2) is 0 Å². The van der Waals surface area contributed by atoms with Crippen LogP contribution in [0.4, 0.5) is 0 Å². The second-order valence-corrected chi connectivity index (χ2v) is 21.0. The first-order chi connectivity index (χ1) is 32.3.